The first kappa shape index (κ1) is 24.5. The molecular formula is C24H36N4O3S. The van der Waals surface area contributed by atoms with Gasteiger partial charge in [-0.25, -0.2) is 8.42 Å². The van der Waals surface area contributed by atoms with Crippen molar-refractivity contribution in [2.45, 2.75) is 25.3 Å². The zero-order valence-electron chi connectivity index (χ0n) is 19.5. The summed E-state index contributed by atoms with van der Waals surface area (Å²) in [5.41, 5.74) is 1.53. The Labute approximate surface area is 193 Å². The van der Waals surface area contributed by atoms with Gasteiger partial charge in [-0.05, 0) is 62.1 Å². The van der Waals surface area contributed by atoms with Crippen LogP contribution in [0.15, 0.2) is 53.4 Å². The number of hydrogen-bond donors (Lipinski definition) is 1. The van der Waals surface area contributed by atoms with E-state index < -0.39 is 10.0 Å². The Morgan fingerprint density at radius 1 is 1.00 bits per heavy atom. The number of rotatable bonds is 11. The van der Waals surface area contributed by atoms with Crippen molar-refractivity contribution in [3.63, 3.8) is 0 Å². The summed E-state index contributed by atoms with van der Waals surface area (Å²) in [6.07, 6.45) is 0. The summed E-state index contributed by atoms with van der Waals surface area (Å²) in [4.78, 5) is 7.24. The summed E-state index contributed by atoms with van der Waals surface area (Å²) in [5, 5.41) is 0. The highest BCUT2D eigenvalue weighted by Gasteiger charge is 2.17. The highest BCUT2D eigenvalue weighted by atomic mass is 32.2. The normalized spacial score (nSPS) is 15.8. The van der Waals surface area contributed by atoms with Crippen molar-refractivity contribution >= 4 is 15.7 Å². The van der Waals surface area contributed by atoms with Crippen LogP contribution in [0, 0.1) is 0 Å². The second-order valence-electron chi connectivity index (χ2n) is 8.23. The molecule has 0 bridgehead atoms. The molecule has 0 spiro atoms. The number of nitrogens with zero attached hydrogens (tertiary/aromatic N) is 3. The molecule has 1 heterocycles. The average molecular weight is 461 g/mol. The predicted octanol–water partition coefficient (Wildman–Crippen LogP) is 2.96. The maximum Gasteiger partial charge on any atom is 0.261 e. The number of likely N-dealkylation sites (N-methyl/N-ethyl adjacent to an activating group) is 2. The summed E-state index contributed by atoms with van der Waals surface area (Å²) in [6, 6.07) is 14.3. The third-order valence-corrected chi connectivity index (χ3v) is 7.27. The van der Waals surface area contributed by atoms with Crippen LogP contribution in [0.4, 0.5) is 5.69 Å². The molecule has 2 aromatic rings. The van der Waals surface area contributed by atoms with Crippen LogP contribution in [0.25, 0.3) is 0 Å². The zero-order chi connectivity index (χ0) is 23.0. The quantitative estimate of drug-likeness (QED) is 0.556. The van der Waals surface area contributed by atoms with E-state index in [2.05, 4.69) is 40.3 Å². The number of piperazine rings is 1. The molecule has 0 saturated carbocycles. The van der Waals surface area contributed by atoms with E-state index in [9.17, 15) is 8.42 Å². The fourth-order valence-electron chi connectivity index (χ4n) is 3.74. The molecule has 8 heteroatoms. The monoisotopic (exact) mass is 460 g/mol. The van der Waals surface area contributed by atoms with Gasteiger partial charge in [-0.1, -0.05) is 26.0 Å². The van der Waals surface area contributed by atoms with Crippen molar-refractivity contribution in [2.24, 2.45) is 0 Å². The maximum atomic E-state index is 12.9. The predicted molar refractivity (Wildman–Crippen MR) is 130 cm³/mol. The van der Waals surface area contributed by atoms with Gasteiger partial charge >= 0.3 is 0 Å². The van der Waals surface area contributed by atoms with Crippen LogP contribution >= 0.6 is 0 Å². The minimum absolute atomic E-state index is 0.281. The van der Waals surface area contributed by atoms with Gasteiger partial charge in [0.05, 0.1) is 4.90 Å². The Bertz CT molecular complexity index is 938. The van der Waals surface area contributed by atoms with Crippen molar-refractivity contribution in [3.05, 3.63) is 54.1 Å². The van der Waals surface area contributed by atoms with Crippen LogP contribution in [-0.4, -0.2) is 82.6 Å². The van der Waals surface area contributed by atoms with E-state index >= 15 is 0 Å². The highest BCUT2D eigenvalue weighted by Crippen LogP contribution is 2.21. The lowest BCUT2D eigenvalue weighted by Crippen LogP contribution is -2.43. The Kier molecular flexibility index (Phi) is 8.92. The van der Waals surface area contributed by atoms with Gasteiger partial charge in [0.1, 0.15) is 12.4 Å². The first-order valence-corrected chi connectivity index (χ1v) is 12.9. The first-order valence-electron chi connectivity index (χ1n) is 11.4. The molecule has 0 radical (unpaired) electrons. The van der Waals surface area contributed by atoms with Crippen LogP contribution in [-0.2, 0) is 16.6 Å². The molecule has 176 valence electrons. The van der Waals surface area contributed by atoms with Crippen LogP contribution in [0.3, 0.4) is 0 Å². The minimum atomic E-state index is -3.66. The van der Waals surface area contributed by atoms with Crippen LogP contribution < -0.4 is 9.46 Å². The largest absolute Gasteiger partial charge is 0.492 e. The van der Waals surface area contributed by atoms with Crippen LogP contribution in [0.2, 0.25) is 0 Å². The molecule has 32 heavy (non-hydrogen) atoms. The van der Waals surface area contributed by atoms with Gasteiger partial charge in [-0.3, -0.25) is 9.62 Å². The summed E-state index contributed by atoms with van der Waals surface area (Å²) in [6.45, 7) is 12.6. The molecule has 3 rings (SSSR count). The number of ether oxygens (including phenoxy) is 1. The van der Waals surface area contributed by atoms with Crippen molar-refractivity contribution in [3.8, 4) is 5.75 Å². The number of sulfonamides is 1. The lowest BCUT2D eigenvalue weighted by atomic mass is 10.2. The molecular weight excluding hydrogens is 424 g/mol. The van der Waals surface area contributed by atoms with Gasteiger partial charge in [0.25, 0.3) is 10.0 Å². The van der Waals surface area contributed by atoms with Gasteiger partial charge in [0.2, 0.25) is 0 Å². The Morgan fingerprint density at radius 3 is 2.34 bits per heavy atom. The fraction of sp³-hybridized carbons (Fsp3) is 0.500. The number of benzene rings is 2. The molecule has 1 aliphatic rings. The molecule has 1 fully saturated rings. The van der Waals surface area contributed by atoms with E-state index in [1.165, 1.54) is 0 Å². The summed E-state index contributed by atoms with van der Waals surface area (Å²) < 4.78 is 34.3. The van der Waals surface area contributed by atoms with Gasteiger partial charge in [0.15, 0.2) is 0 Å². The van der Waals surface area contributed by atoms with E-state index in [1.807, 2.05) is 12.1 Å². The van der Waals surface area contributed by atoms with Crippen molar-refractivity contribution in [1.82, 2.24) is 14.7 Å². The topological polar surface area (TPSA) is 65.1 Å². The van der Waals surface area contributed by atoms with Crippen molar-refractivity contribution < 1.29 is 13.2 Å². The minimum Gasteiger partial charge on any atom is -0.492 e. The van der Waals surface area contributed by atoms with Crippen molar-refractivity contribution in [2.75, 3.05) is 64.2 Å². The Morgan fingerprint density at radius 2 is 1.69 bits per heavy atom. The standard InChI is InChI=1S/C24H36N4O3S/c1-4-27(5-2)17-18-31-23-11-9-22(10-12-23)25-32(29,30)24-8-6-7-21(19-24)20-28-15-13-26(3)14-16-28/h6-12,19,25H,4-5,13-18,20H2,1-3H3. The third-order valence-electron chi connectivity index (χ3n) is 5.89. The molecule has 1 aliphatic heterocycles. The molecule has 0 unspecified atom stereocenters. The molecule has 7 nitrogen and oxygen atoms in total. The van der Waals surface area contributed by atoms with Gasteiger partial charge in [-0.15, -0.1) is 0 Å². The van der Waals surface area contributed by atoms with Gasteiger partial charge in [-0.2, -0.15) is 0 Å². The molecule has 2 aromatic carbocycles. The second kappa shape index (κ2) is 11.7. The summed E-state index contributed by atoms with van der Waals surface area (Å²) in [7, 11) is -1.53. The van der Waals surface area contributed by atoms with E-state index in [1.54, 1.807) is 36.4 Å². The molecule has 0 atom stereocenters. The number of hydrogen-bond acceptors (Lipinski definition) is 6. The van der Waals surface area contributed by atoms with E-state index in [4.69, 9.17) is 4.74 Å². The SMILES string of the molecule is CCN(CC)CCOc1ccc(NS(=O)(=O)c2cccc(CN3CCN(C)CC3)c2)cc1. The Hall–Kier alpha value is -2.13. The third kappa shape index (κ3) is 7.20. The molecule has 0 aromatic heterocycles. The molecule has 0 aliphatic carbocycles. The second-order valence-corrected chi connectivity index (χ2v) is 9.91. The number of anilines is 1. The highest BCUT2D eigenvalue weighted by molar-refractivity contribution is 7.92. The van der Waals surface area contributed by atoms with E-state index in [-0.39, 0.29) is 4.90 Å². The summed E-state index contributed by atoms with van der Waals surface area (Å²) >= 11 is 0. The maximum absolute atomic E-state index is 12.9. The van der Waals surface area contributed by atoms with Crippen LogP contribution in [0.5, 0.6) is 5.75 Å². The zero-order valence-corrected chi connectivity index (χ0v) is 20.3. The number of nitrogens with one attached hydrogen (secondary N) is 1. The Balaban J connectivity index is 1.57. The van der Waals surface area contributed by atoms with E-state index in [0.717, 1.165) is 63.7 Å². The molecule has 1 saturated heterocycles. The smallest absolute Gasteiger partial charge is 0.261 e. The molecule has 0 amide bonds. The van der Waals surface area contributed by atoms with Crippen molar-refractivity contribution in [1.29, 1.82) is 0 Å². The van der Waals surface area contributed by atoms with Gasteiger partial charge in [0, 0.05) is 45.0 Å². The average Bonchev–Trinajstić information content (AvgIpc) is 2.79. The lowest BCUT2D eigenvalue weighted by Gasteiger charge is -2.32. The van der Waals surface area contributed by atoms with Gasteiger partial charge < -0.3 is 14.5 Å². The van der Waals surface area contributed by atoms with Crippen LogP contribution in [0.1, 0.15) is 19.4 Å². The lowest BCUT2D eigenvalue weighted by molar-refractivity contribution is 0.148. The van der Waals surface area contributed by atoms with E-state index in [0.29, 0.717) is 12.3 Å². The first-order chi connectivity index (χ1) is 15.4. The molecule has 1 N–H and O–H groups in total. The fourth-order valence-corrected chi connectivity index (χ4v) is 4.87. The summed E-state index contributed by atoms with van der Waals surface area (Å²) in [5.74, 6) is 0.731.